The highest BCUT2D eigenvalue weighted by atomic mass is 35.5. The molecular weight excluding hydrogens is 417 g/mol. The summed E-state index contributed by atoms with van der Waals surface area (Å²) in [7, 11) is -3.63. The molecule has 1 fully saturated rings. The molecule has 1 unspecified atom stereocenters. The molecule has 6 nitrogen and oxygen atoms in total. The van der Waals surface area contributed by atoms with Gasteiger partial charge < -0.3 is 5.32 Å². The van der Waals surface area contributed by atoms with Crippen molar-refractivity contribution < 1.29 is 17.6 Å². The van der Waals surface area contributed by atoms with Gasteiger partial charge in [-0.05, 0) is 49.7 Å². The van der Waals surface area contributed by atoms with E-state index < -0.39 is 16.1 Å². The molecule has 1 atom stereocenters. The topological polar surface area (TPSA) is 69.7 Å². The first-order valence-corrected chi connectivity index (χ1v) is 11.1. The van der Waals surface area contributed by atoms with Crippen molar-refractivity contribution in [3.05, 3.63) is 58.9 Å². The van der Waals surface area contributed by atoms with E-state index in [1.165, 1.54) is 22.5 Å². The van der Waals surface area contributed by atoms with Crippen molar-refractivity contribution in [3.8, 4) is 0 Å². The lowest BCUT2D eigenvalue weighted by Crippen LogP contribution is -2.53. The molecule has 1 N–H and O–H groups in total. The number of carbonyl (C=O) groups excluding carboxylic acids is 1. The number of nitrogens with one attached hydrogen (secondary N) is 1. The van der Waals surface area contributed by atoms with E-state index in [4.69, 9.17) is 11.6 Å². The lowest BCUT2D eigenvalue weighted by molar-refractivity contribution is -0.121. The first-order chi connectivity index (χ1) is 13.7. The van der Waals surface area contributed by atoms with Crippen molar-refractivity contribution in [1.82, 2.24) is 9.21 Å². The van der Waals surface area contributed by atoms with Gasteiger partial charge in [-0.25, -0.2) is 12.8 Å². The van der Waals surface area contributed by atoms with Gasteiger partial charge in [0.05, 0.1) is 10.9 Å². The van der Waals surface area contributed by atoms with Crippen LogP contribution < -0.4 is 5.32 Å². The fraction of sp³-hybridized carbons (Fsp3) is 0.350. The molecule has 1 aliphatic heterocycles. The van der Waals surface area contributed by atoms with Crippen LogP contribution in [0.1, 0.15) is 12.5 Å². The van der Waals surface area contributed by atoms with Gasteiger partial charge in [0.25, 0.3) is 0 Å². The molecule has 0 bridgehead atoms. The summed E-state index contributed by atoms with van der Waals surface area (Å²) in [5.74, 6) is -0.644. The molecule has 3 rings (SSSR count). The molecule has 29 heavy (non-hydrogen) atoms. The molecule has 0 spiro atoms. The van der Waals surface area contributed by atoms with Gasteiger partial charge in [-0.15, -0.1) is 0 Å². The minimum Gasteiger partial charge on any atom is -0.325 e. The van der Waals surface area contributed by atoms with Crippen LogP contribution in [-0.4, -0.2) is 55.8 Å². The molecular formula is C20H23ClFN3O3S. The Balaban J connectivity index is 1.60. The van der Waals surface area contributed by atoms with Crippen LogP contribution in [-0.2, 0) is 14.8 Å². The zero-order valence-corrected chi connectivity index (χ0v) is 17.8. The molecule has 2 aromatic carbocycles. The Morgan fingerprint density at radius 2 is 1.83 bits per heavy atom. The highest BCUT2D eigenvalue weighted by Gasteiger charge is 2.32. The third kappa shape index (κ3) is 4.95. The summed E-state index contributed by atoms with van der Waals surface area (Å²) in [6, 6.07) is 10.2. The van der Waals surface area contributed by atoms with Crippen molar-refractivity contribution in [2.45, 2.75) is 24.8 Å². The van der Waals surface area contributed by atoms with E-state index >= 15 is 0 Å². The van der Waals surface area contributed by atoms with E-state index in [0.29, 0.717) is 29.4 Å². The van der Waals surface area contributed by atoms with Gasteiger partial charge in [0.2, 0.25) is 15.9 Å². The normalized spacial score (nSPS) is 17.1. The van der Waals surface area contributed by atoms with E-state index in [2.05, 4.69) is 5.32 Å². The average molecular weight is 440 g/mol. The smallest absolute Gasteiger partial charge is 0.243 e. The number of nitrogens with zero attached hydrogens (tertiary/aromatic N) is 2. The van der Waals surface area contributed by atoms with E-state index in [0.717, 1.165) is 0 Å². The van der Waals surface area contributed by atoms with E-state index in [9.17, 15) is 17.6 Å². The fourth-order valence-electron chi connectivity index (χ4n) is 3.19. The summed E-state index contributed by atoms with van der Waals surface area (Å²) >= 11 is 5.92. The highest BCUT2D eigenvalue weighted by molar-refractivity contribution is 7.89. The Kier molecular flexibility index (Phi) is 6.58. The molecule has 0 saturated carbocycles. The summed E-state index contributed by atoms with van der Waals surface area (Å²) in [5, 5.41) is 3.08. The van der Waals surface area contributed by atoms with Crippen molar-refractivity contribution in [3.63, 3.8) is 0 Å². The van der Waals surface area contributed by atoms with Gasteiger partial charge in [0.1, 0.15) is 5.82 Å². The molecule has 2 aromatic rings. The van der Waals surface area contributed by atoms with E-state index in [1.54, 1.807) is 38.1 Å². The molecule has 1 amide bonds. The van der Waals surface area contributed by atoms with Crippen LogP contribution in [0.4, 0.5) is 10.1 Å². The van der Waals surface area contributed by atoms with Gasteiger partial charge >= 0.3 is 0 Å². The molecule has 9 heteroatoms. The van der Waals surface area contributed by atoms with E-state index in [1.807, 2.05) is 4.90 Å². The van der Waals surface area contributed by atoms with Crippen LogP contribution in [0.2, 0.25) is 5.02 Å². The summed E-state index contributed by atoms with van der Waals surface area (Å²) in [5.41, 5.74) is 0.903. The number of hydrogen-bond donors (Lipinski definition) is 1. The van der Waals surface area contributed by atoms with Crippen LogP contribution in [0.3, 0.4) is 0 Å². The Morgan fingerprint density at radius 1 is 1.14 bits per heavy atom. The number of carbonyl (C=O) groups is 1. The number of amides is 1. The third-order valence-electron chi connectivity index (χ3n) is 5.07. The predicted octanol–water partition coefficient (Wildman–Crippen LogP) is 3.12. The van der Waals surface area contributed by atoms with Crippen LogP contribution in [0.15, 0.2) is 47.4 Å². The molecule has 0 aliphatic carbocycles. The number of sulfonamides is 1. The number of benzene rings is 2. The summed E-state index contributed by atoms with van der Waals surface area (Å²) in [6.45, 7) is 4.77. The van der Waals surface area contributed by atoms with Gasteiger partial charge in [0, 0.05) is 36.9 Å². The van der Waals surface area contributed by atoms with Crippen LogP contribution in [0.25, 0.3) is 0 Å². The van der Waals surface area contributed by atoms with Crippen LogP contribution in [0, 0.1) is 12.7 Å². The number of rotatable bonds is 5. The lowest BCUT2D eigenvalue weighted by atomic mass is 10.2. The van der Waals surface area contributed by atoms with Gasteiger partial charge in [-0.2, -0.15) is 4.31 Å². The van der Waals surface area contributed by atoms with Crippen molar-refractivity contribution in [2.24, 2.45) is 0 Å². The van der Waals surface area contributed by atoms with Gasteiger partial charge in [-0.1, -0.05) is 23.7 Å². The molecule has 1 aliphatic rings. The maximum atomic E-state index is 13.7. The average Bonchev–Trinajstić information content (AvgIpc) is 2.70. The number of anilines is 1. The molecule has 0 radical (unpaired) electrons. The lowest BCUT2D eigenvalue weighted by Gasteiger charge is -2.36. The first kappa shape index (κ1) is 21.7. The molecule has 0 aromatic heterocycles. The summed E-state index contributed by atoms with van der Waals surface area (Å²) in [6.07, 6.45) is 0. The molecule has 1 heterocycles. The highest BCUT2D eigenvalue weighted by Crippen LogP contribution is 2.22. The monoisotopic (exact) mass is 439 g/mol. The quantitative estimate of drug-likeness (QED) is 0.777. The Hall–Kier alpha value is -2.00. The second kappa shape index (κ2) is 8.79. The Bertz CT molecular complexity index is 1010. The minimum absolute atomic E-state index is 0.158. The second-order valence-electron chi connectivity index (χ2n) is 7.03. The van der Waals surface area contributed by atoms with Crippen molar-refractivity contribution >= 4 is 33.2 Å². The fourth-order valence-corrected chi connectivity index (χ4v) is 4.91. The summed E-state index contributed by atoms with van der Waals surface area (Å²) < 4.78 is 40.6. The van der Waals surface area contributed by atoms with Crippen molar-refractivity contribution in [1.29, 1.82) is 0 Å². The number of piperazine rings is 1. The maximum Gasteiger partial charge on any atom is 0.243 e. The van der Waals surface area contributed by atoms with Crippen molar-refractivity contribution in [2.75, 3.05) is 31.5 Å². The minimum atomic E-state index is -3.63. The summed E-state index contributed by atoms with van der Waals surface area (Å²) in [4.78, 5) is 14.6. The largest absolute Gasteiger partial charge is 0.325 e. The number of halogens is 2. The van der Waals surface area contributed by atoms with Crippen LogP contribution >= 0.6 is 11.6 Å². The predicted molar refractivity (Wildman–Crippen MR) is 111 cm³/mol. The standard InChI is InChI=1S/C20H23ClFN3O3S/c1-14-6-7-17(13-19(14)22)23-20(26)15(2)24-8-10-25(11-9-24)29(27,28)18-5-3-4-16(21)12-18/h3-7,12-13,15H,8-11H2,1-2H3,(H,23,26). The van der Waals surface area contributed by atoms with Gasteiger partial charge in [-0.3, -0.25) is 9.69 Å². The second-order valence-corrected chi connectivity index (χ2v) is 9.40. The zero-order chi connectivity index (χ0) is 21.2. The SMILES string of the molecule is Cc1ccc(NC(=O)C(C)N2CCN(S(=O)(=O)c3cccc(Cl)c3)CC2)cc1F. The maximum absolute atomic E-state index is 13.7. The number of hydrogen-bond acceptors (Lipinski definition) is 4. The Labute approximate surface area is 175 Å². The first-order valence-electron chi connectivity index (χ1n) is 9.25. The van der Waals surface area contributed by atoms with Crippen LogP contribution in [0.5, 0.6) is 0 Å². The van der Waals surface area contributed by atoms with E-state index in [-0.39, 0.29) is 29.7 Å². The number of aryl methyl sites for hydroxylation is 1. The zero-order valence-electron chi connectivity index (χ0n) is 16.2. The third-order valence-corrected chi connectivity index (χ3v) is 7.20. The Morgan fingerprint density at radius 3 is 2.45 bits per heavy atom. The van der Waals surface area contributed by atoms with Gasteiger partial charge in [0.15, 0.2) is 0 Å². The molecule has 156 valence electrons. The molecule has 1 saturated heterocycles.